The number of nitrogens with one attached hydrogen (secondary N) is 1. The zero-order chi connectivity index (χ0) is 29.1. The standard InChI is InChI=1S/C32H28ClF2N7/c33-21-11-14-24-25(15-21)31(29-26(34)7-4-8-27(29)35)38-16-20-17-39-32(41-30(20)24)40-23-12-9-19(10-13-23)28(42-36)18-37-22-5-2-1-3-6-22/h4,7-15,17-18,22H,1-3,5-6,16,36H2,(H,39,40,41). The molecule has 0 spiro atoms. The van der Waals surface area contributed by atoms with Crippen LogP contribution in [0.4, 0.5) is 20.4 Å². The molecule has 42 heavy (non-hydrogen) atoms. The Morgan fingerprint density at radius 1 is 0.976 bits per heavy atom. The first-order valence-electron chi connectivity index (χ1n) is 13.8. The summed E-state index contributed by atoms with van der Waals surface area (Å²) in [6, 6.07) is 16.8. The highest BCUT2D eigenvalue weighted by atomic mass is 35.5. The van der Waals surface area contributed by atoms with Gasteiger partial charge in [0.15, 0.2) is 0 Å². The fourth-order valence-electron chi connectivity index (χ4n) is 5.36. The molecule has 0 radical (unpaired) electrons. The summed E-state index contributed by atoms with van der Waals surface area (Å²) in [5.74, 6) is 4.62. The lowest BCUT2D eigenvalue weighted by Gasteiger charge is -2.17. The van der Waals surface area contributed by atoms with Crippen molar-refractivity contribution in [3.05, 3.63) is 106 Å². The molecule has 1 aliphatic heterocycles. The zero-order valence-corrected chi connectivity index (χ0v) is 23.5. The number of hydrogen-bond acceptors (Lipinski definition) is 7. The Morgan fingerprint density at radius 3 is 2.48 bits per heavy atom. The first-order chi connectivity index (χ1) is 20.5. The molecule has 212 valence electrons. The molecule has 3 N–H and O–H groups in total. The highest BCUT2D eigenvalue weighted by Gasteiger charge is 2.25. The van der Waals surface area contributed by atoms with Gasteiger partial charge in [0.05, 0.1) is 29.6 Å². The summed E-state index contributed by atoms with van der Waals surface area (Å²) in [4.78, 5) is 18.5. The molecule has 7 nitrogen and oxygen atoms in total. The van der Waals surface area contributed by atoms with Crippen molar-refractivity contribution in [2.24, 2.45) is 20.9 Å². The van der Waals surface area contributed by atoms with Crippen LogP contribution in [0, 0.1) is 11.6 Å². The molecule has 0 saturated heterocycles. The summed E-state index contributed by atoms with van der Waals surface area (Å²) in [5.41, 5.74) is 4.65. The van der Waals surface area contributed by atoms with Crippen molar-refractivity contribution in [2.45, 2.75) is 44.7 Å². The number of benzene rings is 3. The maximum atomic E-state index is 14.8. The van der Waals surface area contributed by atoms with Crippen molar-refractivity contribution >= 4 is 40.9 Å². The van der Waals surface area contributed by atoms with Crippen LogP contribution in [0.25, 0.3) is 11.3 Å². The molecule has 4 aromatic rings. The van der Waals surface area contributed by atoms with Crippen LogP contribution >= 0.6 is 11.6 Å². The molecule has 0 unspecified atom stereocenters. The van der Waals surface area contributed by atoms with Gasteiger partial charge in [-0.3, -0.25) is 9.98 Å². The largest absolute Gasteiger partial charge is 0.324 e. The molecule has 1 fully saturated rings. The molecule has 6 rings (SSSR count). The molecule has 1 aromatic heterocycles. The van der Waals surface area contributed by atoms with Gasteiger partial charge in [-0.05, 0) is 49.2 Å². The Kier molecular flexibility index (Phi) is 8.01. The summed E-state index contributed by atoms with van der Waals surface area (Å²) in [6.07, 6.45) is 9.32. The minimum absolute atomic E-state index is 0.142. The van der Waals surface area contributed by atoms with E-state index in [1.54, 1.807) is 30.6 Å². The second kappa shape index (κ2) is 12.2. The average molecular weight is 584 g/mol. The van der Waals surface area contributed by atoms with Crippen LogP contribution in [0.2, 0.25) is 5.02 Å². The summed E-state index contributed by atoms with van der Waals surface area (Å²) in [6.45, 7) is 0.142. The summed E-state index contributed by atoms with van der Waals surface area (Å²) in [5, 5.41) is 7.59. The number of halogens is 3. The maximum Gasteiger partial charge on any atom is 0.227 e. The van der Waals surface area contributed by atoms with Crippen molar-refractivity contribution in [1.82, 2.24) is 9.97 Å². The van der Waals surface area contributed by atoms with Gasteiger partial charge in [-0.25, -0.2) is 18.7 Å². The molecule has 0 atom stereocenters. The summed E-state index contributed by atoms with van der Waals surface area (Å²) < 4.78 is 29.6. The van der Waals surface area contributed by atoms with Gasteiger partial charge in [0.2, 0.25) is 5.95 Å². The van der Waals surface area contributed by atoms with E-state index < -0.39 is 11.6 Å². The van der Waals surface area contributed by atoms with E-state index >= 15 is 0 Å². The van der Waals surface area contributed by atoms with Crippen molar-refractivity contribution in [1.29, 1.82) is 0 Å². The van der Waals surface area contributed by atoms with Crippen LogP contribution in [0.5, 0.6) is 0 Å². The monoisotopic (exact) mass is 583 g/mol. The number of aromatic nitrogens is 2. The molecule has 0 bridgehead atoms. The first-order valence-corrected chi connectivity index (χ1v) is 14.2. The lowest BCUT2D eigenvalue weighted by atomic mass is 9.95. The second-order valence-corrected chi connectivity index (χ2v) is 10.7. The lowest BCUT2D eigenvalue weighted by molar-refractivity contribution is 0.444. The van der Waals surface area contributed by atoms with Gasteiger partial charge in [-0.1, -0.05) is 55.1 Å². The number of anilines is 2. The SMILES string of the molecule is NN=C(C=NC1CCCCC1)c1ccc(Nc2ncc3c(n2)-c2ccc(Cl)cc2C(c2c(F)cccc2F)=NC3)cc1. The molecule has 10 heteroatoms. The smallest absolute Gasteiger partial charge is 0.227 e. The van der Waals surface area contributed by atoms with E-state index in [2.05, 4.69) is 20.4 Å². The molecule has 2 aliphatic rings. The third-order valence-corrected chi connectivity index (χ3v) is 7.76. The van der Waals surface area contributed by atoms with Gasteiger partial charge in [0.1, 0.15) is 17.3 Å². The van der Waals surface area contributed by atoms with Crippen molar-refractivity contribution in [3.8, 4) is 11.3 Å². The van der Waals surface area contributed by atoms with Crippen LogP contribution in [0.3, 0.4) is 0 Å². The third-order valence-electron chi connectivity index (χ3n) is 7.52. The van der Waals surface area contributed by atoms with E-state index in [0.717, 1.165) is 24.1 Å². The van der Waals surface area contributed by atoms with Crippen molar-refractivity contribution in [3.63, 3.8) is 0 Å². The quantitative estimate of drug-likeness (QED) is 0.142. The second-order valence-electron chi connectivity index (χ2n) is 10.3. The van der Waals surface area contributed by atoms with Crippen molar-refractivity contribution in [2.75, 3.05) is 5.32 Å². The van der Waals surface area contributed by atoms with E-state index in [1.165, 1.54) is 37.5 Å². The Hall–Kier alpha value is -4.50. The predicted molar refractivity (Wildman–Crippen MR) is 164 cm³/mol. The Balaban J connectivity index is 1.27. The molecule has 3 aromatic carbocycles. The third kappa shape index (κ3) is 5.78. The van der Waals surface area contributed by atoms with Crippen LogP contribution in [-0.2, 0) is 6.54 Å². The number of rotatable bonds is 6. The highest BCUT2D eigenvalue weighted by Crippen LogP contribution is 2.34. The Bertz CT molecular complexity index is 1690. The number of nitrogens with two attached hydrogens (primary N) is 1. The lowest BCUT2D eigenvalue weighted by Crippen LogP contribution is -2.13. The van der Waals surface area contributed by atoms with Crippen LogP contribution in [0.15, 0.2) is 81.9 Å². The fraction of sp³-hybridized carbons (Fsp3) is 0.219. The molecule has 0 amide bonds. The first kappa shape index (κ1) is 27.7. The maximum absolute atomic E-state index is 14.8. The number of aliphatic imine (C=N–C) groups is 2. The Morgan fingerprint density at radius 2 is 1.74 bits per heavy atom. The van der Waals surface area contributed by atoms with Gasteiger partial charge < -0.3 is 11.2 Å². The topological polar surface area (TPSA) is 101 Å². The number of hydrazone groups is 1. The zero-order valence-electron chi connectivity index (χ0n) is 22.7. The average Bonchev–Trinajstić information content (AvgIpc) is 3.15. The highest BCUT2D eigenvalue weighted by molar-refractivity contribution is 6.38. The fourth-order valence-corrected chi connectivity index (χ4v) is 5.54. The molecule has 1 saturated carbocycles. The van der Waals surface area contributed by atoms with E-state index in [1.807, 2.05) is 24.3 Å². The number of nitrogens with zero attached hydrogens (tertiary/aromatic N) is 5. The minimum Gasteiger partial charge on any atom is -0.324 e. The van der Waals surface area contributed by atoms with Crippen LogP contribution < -0.4 is 11.2 Å². The summed E-state index contributed by atoms with van der Waals surface area (Å²) in [7, 11) is 0. The molecular formula is C32H28ClF2N7. The molecule has 2 heterocycles. The van der Waals surface area contributed by atoms with Gasteiger partial charge in [0, 0.05) is 45.4 Å². The summed E-state index contributed by atoms with van der Waals surface area (Å²) >= 11 is 6.32. The predicted octanol–water partition coefficient (Wildman–Crippen LogP) is 7.24. The van der Waals surface area contributed by atoms with Gasteiger partial charge in [0.25, 0.3) is 0 Å². The van der Waals surface area contributed by atoms with Crippen LogP contribution in [0.1, 0.15) is 54.4 Å². The molecule has 1 aliphatic carbocycles. The number of hydrogen-bond donors (Lipinski definition) is 2. The van der Waals surface area contributed by atoms with Crippen molar-refractivity contribution < 1.29 is 8.78 Å². The number of fused-ring (bicyclic) bond motifs is 3. The normalized spacial score (nSPS) is 15.6. The van der Waals surface area contributed by atoms with Gasteiger partial charge in [-0.15, -0.1) is 0 Å². The van der Waals surface area contributed by atoms with Crippen LogP contribution in [-0.4, -0.2) is 33.6 Å². The Labute approximate surface area is 247 Å². The minimum atomic E-state index is -0.703. The van der Waals surface area contributed by atoms with E-state index in [-0.39, 0.29) is 17.8 Å². The van der Waals surface area contributed by atoms with E-state index in [4.69, 9.17) is 27.4 Å². The van der Waals surface area contributed by atoms with E-state index in [9.17, 15) is 8.78 Å². The van der Waals surface area contributed by atoms with Gasteiger partial charge in [-0.2, -0.15) is 5.10 Å². The van der Waals surface area contributed by atoms with E-state index in [0.29, 0.717) is 45.1 Å². The van der Waals surface area contributed by atoms with Gasteiger partial charge >= 0.3 is 0 Å². The molecular weight excluding hydrogens is 556 g/mol.